The standard InChI is InChI=1S/C6H10.CH4/c1-3-5-6-4-2;/h1H,4-6H2,2H3;1H4. The Morgan fingerprint density at radius 1 is 1.57 bits per heavy atom. The molecule has 0 aromatic rings. The normalized spacial score (nSPS) is 6.29. The van der Waals surface area contributed by atoms with Crippen molar-refractivity contribution in [1.29, 1.82) is 0 Å². The Bertz CT molecular complexity index is 47.5. The molecule has 0 heterocycles. The Kier molecular flexibility index (Phi) is 12.7. The van der Waals surface area contributed by atoms with Crippen LogP contribution in [0.15, 0.2) is 0 Å². The topological polar surface area (TPSA) is 0 Å². The van der Waals surface area contributed by atoms with Crippen molar-refractivity contribution in [1.82, 2.24) is 0 Å². The summed E-state index contributed by atoms with van der Waals surface area (Å²) in [6, 6.07) is 0. The molecular weight excluding hydrogens is 84.1 g/mol. The zero-order valence-electron chi connectivity index (χ0n) is 4.20. The van der Waals surface area contributed by atoms with E-state index in [1.807, 2.05) is 0 Å². The molecule has 0 saturated carbocycles. The Morgan fingerprint density at radius 3 is 2.29 bits per heavy atom. The van der Waals surface area contributed by atoms with Crippen LogP contribution in [0.25, 0.3) is 0 Å². The molecule has 0 bridgehead atoms. The lowest BCUT2D eigenvalue weighted by Crippen LogP contribution is -1.62. The molecule has 0 atom stereocenters. The first-order valence-electron chi connectivity index (χ1n) is 2.35. The van der Waals surface area contributed by atoms with Crippen molar-refractivity contribution in [3.05, 3.63) is 0 Å². The monoisotopic (exact) mass is 98.1 g/mol. The summed E-state index contributed by atoms with van der Waals surface area (Å²) < 4.78 is 0. The van der Waals surface area contributed by atoms with Crippen molar-refractivity contribution in [2.24, 2.45) is 0 Å². The molecule has 0 aliphatic heterocycles. The van der Waals surface area contributed by atoms with Gasteiger partial charge in [0.05, 0.1) is 0 Å². The molecule has 0 radical (unpaired) electrons. The Labute approximate surface area is 46.9 Å². The number of terminal acetylenes is 1. The van der Waals surface area contributed by atoms with Crippen molar-refractivity contribution >= 4 is 0 Å². The van der Waals surface area contributed by atoms with Gasteiger partial charge in [0, 0.05) is 6.42 Å². The third-order valence-corrected chi connectivity index (χ3v) is 0.675. The molecule has 0 heteroatoms. The van der Waals surface area contributed by atoms with Gasteiger partial charge in [-0.05, 0) is 6.42 Å². The van der Waals surface area contributed by atoms with E-state index in [9.17, 15) is 0 Å². The van der Waals surface area contributed by atoms with Crippen LogP contribution in [0.4, 0.5) is 0 Å². The van der Waals surface area contributed by atoms with Crippen LogP contribution in [-0.2, 0) is 0 Å². The van der Waals surface area contributed by atoms with Gasteiger partial charge in [0.25, 0.3) is 0 Å². The molecule has 0 aromatic carbocycles. The summed E-state index contributed by atoms with van der Waals surface area (Å²) in [5.74, 6) is 2.57. The zero-order chi connectivity index (χ0) is 4.83. The lowest BCUT2D eigenvalue weighted by atomic mass is 10.3. The predicted octanol–water partition coefficient (Wildman–Crippen LogP) is 2.45. The molecule has 0 fully saturated rings. The highest BCUT2D eigenvalue weighted by atomic mass is 13.8. The van der Waals surface area contributed by atoms with Crippen LogP contribution < -0.4 is 0 Å². The van der Waals surface area contributed by atoms with E-state index in [0.29, 0.717) is 0 Å². The summed E-state index contributed by atoms with van der Waals surface area (Å²) in [5.41, 5.74) is 0. The third kappa shape index (κ3) is 10.8. The maximum absolute atomic E-state index is 4.96. The van der Waals surface area contributed by atoms with Crippen LogP contribution in [0, 0.1) is 12.3 Å². The maximum atomic E-state index is 4.96. The second kappa shape index (κ2) is 9.12. The van der Waals surface area contributed by atoms with E-state index in [4.69, 9.17) is 6.42 Å². The highest BCUT2D eigenvalue weighted by molar-refractivity contribution is 4.82. The lowest BCUT2D eigenvalue weighted by molar-refractivity contribution is 0.828. The minimum absolute atomic E-state index is 0. The second-order valence-electron chi connectivity index (χ2n) is 1.31. The van der Waals surface area contributed by atoms with E-state index in [1.165, 1.54) is 12.8 Å². The molecular formula is C7H14. The summed E-state index contributed by atoms with van der Waals surface area (Å²) in [5, 5.41) is 0. The molecule has 0 aliphatic rings. The Balaban J connectivity index is 0. The van der Waals surface area contributed by atoms with Gasteiger partial charge in [0.2, 0.25) is 0 Å². The molecule has 0 nitrogen and oxygen atoms in total. The van der Waals surface area contributed by atoms with Crippen LogP contribution in [0.5, 0.6) is 0 Å². The van der Waals surface area contributed by atoms with Gasteiger partial charge in [-0.15, -0.1) is 12.3 Å². The molecule has 0 saturated heterocycles. The van der Waals surface area contributed by atoms with Crippen LogP contribution in [-0.4, -0.2) is 0 Å². The van der Waals surface area contributed by atoms with Crippen molar-refractivity contribution in [3.63, 3.8) is 0 Å². The largest absolute Gasteiger partial charge is 0.120 e. The van der Waals surface area contributed by atoms with E-state index < -0.39 is 0 Å². The first-order valence-corrected chi connectivity index (χ1v) is 2.35. The molecule has 42 valence electrons. The molecule has 0 unspecified atom stereocenters. The van der Waals surface area contributed by atoms with Gasteiger partial charge in [-0.2, -0.15) is 0 Å². The highest BCUT2D eigenvalue weighted by Gasteiger charge is 1.71. The predicted molar refractivity (Wildman–Crippen MR) is 35.1 cm³/mol. The number of unbranched alkanes of at least 4 members (excludes halogenated alkanes) is 2. The molecule has 7 heavy (non-hydrogen) atoms. The Hall–Kier alpha value is -0.440. The highest BCUT2D eigenvalue weighted by Crippen LogP contribution is 1.88. The Morgan fingerprint density at radius 2 is 2.14 bits per heavy atom. The summed E-state index contributed by atoms with van der Waals surface area (Å²) >= 11 is 0. The maximum Gasteiger partial charge on any atom is 0.00859 e. The van der Waals surface area contributed by atoms with Gasteiger partial charge in [-0.25, -0.2) is 0 Å². The van der Waals surface area contributed by atoms with Crippen LogP contribution >= 0.6 is 0 Å². The second-order valence-corrected chi connectivity index (χ2v) is 1.31. The molecule has 0 aliphatic carbocycles. The van der Waals surface area contributed by atoms with Crippen LogP contribution in [0.3, 0.4) is 0 Å². The lowest BCUT2D eigenvalue weighted by Gasteiger charge is -1.79. The van der Waals surface area contributed by atoms with Gasteiger partial charge in [-0.1, -0.05) is 20.8 Å². The summed E-state index contributed by atoms with van der Waals surface area (Å²) in [4.78, 5) is 0. The first-order chi connectivity index (χ1) is 2.91. The summed E-state index contributed by atoms with van der Waals surface area (Å²) in [6.07, 6.45) is 8.30. The zero-order valence-corrected chi connectivity index (χ0v) is 4.20. The third-order valence-electron chi connectivity index (χ3n) is 0.675. The average Bonchev–Trinajstić information content (AvgIpc) is 1.61. The van der Waals surface area contributed by atoms with Crippen molar-refractivity contribution < 1.29 is 0 Å². The molecule has 0 rings (SSSR count). The van der Waals surface area contributed by atoms with E-state index in [2.05, 4.69) is 12.8 Å². The van der Waals surface area contributed by atoms with E-state index in [-0.39, 0.29) is 7.43 Å². The summed E-state index contributed by atoms with van der Waals surface area (Å²) in [6.45, 7) is 2.14. The van der Waals surface area contributed by atoms with E-state index >= 15 is 0 Å². The quantitative estimate of drug-likeness (QED) is 0.367. The van der Waals surface area contributed by atoms with Crippen molar-refractivity contribution in [2.75, 3.05) is 0 Å². The van der Waals surface area contributed by atoms with Crippen LogP contribution in [0.1, 0.15) is 33.6 Å². The SMILES string of the molecule is C.C#CCCCC. The molecule has 0 N–H and O–H groups in total. The molecule has 0 spiro atoms. The smallest absolute Gasteiger partial charge is 0.00859 e. The fraction of sp³-hybridized carbons (Fsp3) is 0.714. The van der Waals surface area contributed by atoms with Gasteiger partial charge >= 0.3 is 0 Å². The number of hydrogen-bond acceptors (Lipinski definition) is 0. The minimum Gasteiger partial charge on any atom is -0.120 e. The fourth-order valence-corrected chi connectivity index (χ4v) is 0.279. The van der Waals surface area contributed by atoms with E-state index in [0.717, 1.165) is 6.42 Å². The average molecular weight is 98.2 g/mol. The fourth-order valence-electron chi connectivity index (χ4n) is 0.279. The molecule has 0 amide bonds. The van der Waals surface area contributed by atoms with Gasteiger partial charge in [0.15, 0.2) is 0 Å². The number of hydrogen-bond donors (Lipinski definition) is 0. The van der Waals surface area contributed by atoms with Crippen LogP contribution in [0.2, 0.25) is 0 Å². The first kappa shape index (κ1) is 9.75. The minimum atomic E-state index is 0. The number of rotatable bonds is 2. The summed E-state index contributed by atoms with van der Waals surface area (Å²) in [7, 11) is 0. The van der Waals surface area contributed by atoms with E-state index in [1.54, 1.807) is 0 Å². The van der Waals surface area contributed by atoms with Gasteiger partial charge in [0.1, 0.15) is 0 Å². The van der Waals surface area contributed by atoms with Gasteiger partial charge in [-0.3, -0.25) is 0 Å². The van der Waals surface area contributed by atoms with Crippen molar-refractivity contribution in [2.45, 2.75) is 33.6 Å². The van der Waals surface area contributed by atoms with Gasteiger partial charge < -0.3 is 0 Å². The molecule has 0 aromatic heterocycles. The van der Waals surface area contributed by atoms with Crippen molar-refractivity contribution in [3.8, 4) is 12.3 Å².